The number of hydrogen-bond acceptors (Lipinski definition) is 3. The molecule has 5 nitrogen and oxygen atoms in total. The highest BCUT2D eigenvalue weighted by Crippen LogP contribution is 2.37. The molecule has 5 heteroatoms. The molecule has 2 N–H and O–H groups in total. The molecule has 0 saturated carbocycles. The number of aliphatic imine (C=N–C) groups is 2. The van der Waals surface area contributed by atoms with Crippen LogP contribution in [0.4, 0.5) is 0 Å². The lowest BCUT2D eigenvalue weighted by Crippen LogP contribution is -2.17. The van der Waals surface area contributed by atoms with E-state index >= 15 is 0 Å². The SMILES string of the molecule is CC(/N=C(\N=C(/N)c1cccc2oc3ccc(-c4ccc(-c5cccc6ccccc56)cc4)cc3c12)c1cccc2c1oc1ccccc12)c1c#cccc1. The molecule has 2 aromatic heterocycles. The first kappa shape index (κ1) is 32.2. The van der Waals surface area contributed by atoms with Gasteiger partial charge in [-0.15, -0.1) is 0 Å². The quantitative estimate of drug-likeness (QED) is 0.138. The van der Waals surface area contributed by atoms with Gasteiger partial charge in [-0.1, -0.05) is 133 Å². The molecule has 0 bridgehead atoms. The Morgan fingerprint density at radius 1 is 0.582 bits per heavy atom. The van der Waals surface area contributed by atoms with Crippen LogP contribution in [0.1, 0.15) is 29.7 Å². The Morgan fingerprint density at radius 3 is 2.15 bits per heavy atom. The molecule has 55 heavy (non-hydrogen) atoms. The van der Waals surface area contributed by atoms with Gasteiger partial charge >= 0.3 is 0 Å². The minimum absolute atomic E-state index is 0.274. The zero-order valence-electron chi connectivity index (χ0n) is 30.0. The minimum atomic E-state index is -0.274. The summed E-state index contributed by atoms with van der Waals surface area (Å²) in [4.78, 5) is 10.2. The third-order valence-corrected chi connectivity index (χ3v) is 10.4. The van der Waals surface area contributed by atoms with E-state index in [1.54, 1.807) is 0 Å². The van der Waals surface area contributed by atoms with Gasteiger partial charge in [0.1, 0.15) is 28.2 Å². The number of hydrogen-bond donors (Lipinski definition) is 1. The average Bonchev–Trinajstić information content (AvgIpc) is 3.82. The van der Waals surface area contributed by atoms with E-state index in [4.69, 9.17) is 24.6 Å². The largest absolute Gasteiger partial charge is 0.456 e. The first-order valence-electron chi connectivity index (χ1n) is 18.3. The fraction of sp³-hybridized carbons (Fsp3) is 0.0400. The maximum atomic E-state index is 7.03. The van der Waals surface area contributed by atoms with Crippen molar-refractivity contribution in [1.82, 2.24) is 0 Å². The smallest absolute Gasteiger partial charge is 0.161 e. The average molecular weight is 708 g/mol. The van der Waals surface area contributed by atoms with Crippen molar-refractivity contribution in [3.63, 3.8) is 0 Å². The van der Waals surface area contributed by atoms with Gasteiger partial charge < -0.3 is 14.6 Å². The Morgan fingerprint density at radius 2 is 1.27 bits per heavy atom. The van der Waals surface area contributed by atoms with E-state index in [1.165, 1.54) is 21.9 Å². The summed E-state index contributed by atoms with van der Waals surface area (Å²) in [5.41, 5.74) is 17.0. The molecular formula is C50H33N3O2. The van der Waals surface area contributed by atoms with Crippen LogP contribution >= 0.6 is 0 Å². The third-order valence-electron chi connectivity index (χ3n) is 10.4. The molecular weight excluding hydrogens is 675 g/mol. The van der Waals surface area contributed by atoms with Gasteiger partial charge in [0.2, 0.25) is 0 Å². The summed E-state index contributed by atoms with van der Waals surface area (Å²) >= 11 is 0. The zero-order chi connectivity index (χ0) is 36.9. The number of nitrogens with two attached hydrogens (primary N) is 1. The fourth-order valence-electron chi connectivity index (χ4n) is 7.66. The molecule has 0 radical (unpaired) electrons. The number of rotatable bonds is 6. The molecule has 0 aliphatic heterocycles. The number of nitrogens with zero attached hydrogens (tertiary/aromatic N) is 2. The Kier molecular flexibility index (Phi) is 7.75. The summed E-state index contributed by atoms with van der Waals surface area (Å²) in [5, 5.41) is 6.34. The second kappa shape index (κ2) is 13.2. The van der Waals surface area contributed by atoms with E-state index in [9.17, 15) is 0 Å². The van der Waals surface area contributed by atoms with Crippen molar-refractivity contribution in [3.05, 3.63) is 193 Å². The second-order valence-electron chi connectivity index (χ2n) is 13.8. The molecule has 1 unspecified atom stereocenters. The monoisotopic (exact) mass is 707 g/mol. The van der Waals surface area contributed by atoms with Crippen molar-refractivity contribution < 1.29 is 8.83 Å². The maximum absolute atomic E-state index is 7.03. The molecule has 0 fully saturated rings. The van der Waals surface area contributed by atoms with Crippen LogP contribution in [0, 0.1) is 12.1 Å². The van der Waals surface area contributed by atoms with Crippen LogP contribution in [0.25, 0.3) is 76.9 Å². The van der Waals surface area contributed by atoms with Gasteiger partial charge in [0.05, 0.1) is 11.6 Å². The van der Waals surface area contributed by atoms with E-state index in [2.05, 4.69) is 103 Å². The first-order chi connectivity index (χ1) is 27.1. The number of amidine groups is 2. The van der Waals surface area contributed by atoms with Crippen molar-refractivity contribution in [2.24, 2.45) is 15.7 Å². The van der Waals surface area contributed by atoms with Gasteiger partial charge in [0.25, 0.3) is 0 Å². The molecule has 0 aliphatic rings. The molecule has 0 saturated heterocycles. The molecule has 0 amide bonds. The Labute approximate surface area is 317 Å². The highest BCUT2D eigenvalue weighted by molar-refractivity contribution is 6.23. The molecule has 1 atom stereocenters. The van der Waals surface area contributed by atoms with Crippen LogP contribution in [-0.2, 0) is 0 Å². The third kappa shape index (κ3) is 5.69. The standard InChI is InChI=1S/C50H33N3O2/c1-31(32-12-3-2-4-13-32)52-50(42-21-10-19-40-39-17-7-8-22-44(39)55-48(40)42)53-49(51)41-20-11-23-46-47(41)43-30-36(28-29-45(43)54-46)33-24-26-35(27-25-33)38-18-9-15-34-14-5-6-16-37(34)38/h2-3,5-12,14-31H,1H3,(H2,51,52,53). The molecule has 8 aromatic carbocycles. The van der Waals surface area contributed by atoms with E-state index in [0.717, 1.165) is 66.1 Å². The summed E-state index contributed by atoms with van der Waals surface area (Å²) in [6, 6.07) is 61.8. The molecule has 10 aromatic rings. The summed E-state index contributed by atoms with van der Waals surface area (Å²) in [5.74, 6) is 0.782. The van der Waals surface area contributed by atoms with Crippen LogP contribution in [0.15, 0.2) is 183 Å². The van der Waals surface area contributed by atoms with E-state index in [0.29, 0.717) is 17.3 Å². The van der Waals surface area contributed by atoms with Gasteiger partial charge in [0.15, 0.2) is 5.84 Å². The summed E-state index contributed by atoms with van der Waals surface area (Å²) in [6.45, 7) is 2.02. The minimum Gasteiger partial charge on any atom is -0.456 e. The van der Waals surface area contributed by atoms with Crippen molar-refractivity contribution in [2.75, 3.05) is 0 Å². The second-order valence-corrected chi connectivity index (χ2v) is 13.8. The molecule has 260 valence electrons. The van der Waals surface area contributed by atoms with Gasteiger partial charge in [-0.25, -0.2) is 4.99 Å². The molecule has 2 heterocycles. The van der Waals surface area contributed by atoms with Crippen LogP contribution in [0.2, 0.25) is 0 Å². The fourth-order valence-corrected chi connectivity index (χ4v) is 7.66. The van der Waals surface area contributed by atoms with Crippen LogP contribution in [-0.4, -0.2) is 11.7 Å². The highest BCUT2D eigenvalue weighted by atomic mass is 16.3. The molecule has 0 aliphatic carbocycles. The highest BCUT2D eigenvalue weighted by Gasteiger charge is 2.19. The van der Waals surface area contributed by atoms with Gasteiger partial charge in [0, 0.05) is 32.7 Å². The number of fused-ring (bicyclic) bond motifs is 7. The Hall–Kier alpha value is -7.42. The van der Waals surface area contributed by atoms with Gasteiger partial charge in [-0.05, 0) is 82.4 Å². The Bertz CT molecular complexity index is 3110. The van der Waals surface area contributed by atoms with E-state index < -0.39 is 0 Å². The topological polar surface area (TPSA) is 77.0 Å². The predicted molar refractivity (Wildman–Crippen MR) is 226 cm³/mol. The van der Waals surface area contributed by atoms with Crippen molar-refractivity contribution in [3.8, 4) is 22.3 Å². The van der Waals surface area contributed by atoms with Gasteiger partial charge in [-0.2, -0.15) is 0 Å². The van der Waals surface area contributed by atoms with Crippen molar-refractivity contribution in [1.29, 1.82) is 0 Å². The summed E-state index contributed by atoms with van der Waals surface area (Å²) < 4.78 is 12.8. The predicted octanol–water partition coefficient (Wildman–Crippen LogP) is 12.5. The lowest BCUT2D eigenvalue weighted by Gasteiger charge is -2.10. The van der Waals surface area contributed by atoms with Crippen LogP contribution in [0.3, 0.4) is 0 Å². The van der Waals surface area contributed by atoms with Gasteiger partial charge in [-0.3, -0.25) is 4.99 Å². The number of furan rings is 2. The maximum Gasteiger partial charge on any atom is 0.161 e. The zero-order valence-corrected chi connectivity index (χ0v) is 30.0. The van der Waals surface area contributed by atoms with E-state index in [1.807, 2.05) is 79.7 Å². The molecule has 10 rings (SSSR count). The summed E-state index contributed by atoms with van der Waals surface area (Å²) in [7, 11) is 0. The number of benzene rings is 7. The first-order valence-corrected chi connectivity index (χ1v) is 18.3. The van der Waals surface area contributed by atoms with Crippen molar-refractivity contribution in [2.45, 2.75) is 13.0 Å². The number of para-hydroxylation sites is 2. The normalized spacial score (nSPS) is 12.9. The molecule has 0 spiro atoms. The van der Waals surface area contributed by atoms with Crippen LogP contribution in [0.5, 0.6) is 0 Å². The van der Waals surface area contributed by atoms with E-state index in [-0.39, 0.29) is 6.04 Å². The van der Waals surface area contributed by atoms with Crippen molar-refractivity contribution >= 4 is 66.3 Å². The van der Waals surface area contributed by atoms with Crippen LogP contribution < -0.4 is 5.73 Å². The summed E-state index contributed by atoms with van der Waals surface area (Å²) in [6.07, 6.45) is 0. The lowest BCUT2D eigenvalue weighted by molar-refractivity contribution is 0.667. The Balaban J connectivity index is 1.09. The lowest BCUT2D eigenvalue weighted by atomic mass is 9.95.